The summed E-state index contributed by atoms with van der Waals surface area (Å²) < 4.78 is 40.3. The van der Waals surface area contributed by atoms with Crippen molar-refractivity contribution in [2.24, 2.45) is 5.73 Å². The van der Waals surface area contributed by atoms with Gasteiger partial charge in [-0.2, -0.15) is 18.4 Å². The first kappa shape index (κ1) is 20.8. The zero-order valence-electron chi connectivity index (χ0n) is 15.9. The molecular weight excluding hydrogens is 429 g/mol. The van der Waals surface area contributed by atoms with Crippen LogP contribution in [-0.4, -0.2) is 22.5 Å². The first-order valence-electron chi connectivity index (χ1n) is 9.30. The zero-order chi connectivity index (χ0) is 22.6. The number of primary amides is 1. The number of rotatable bonds is 3. The van der Waals surface area contributed by atoms with E-state index in [1.54, 1.807) is 17.0 Å². The van der Waals surface area contributed by atoms with Gasteiger partial charge >= 0.3 is 6.18 Å². The van der Waals surface area contributed by atoms with Crippen molar-refractivity contribution in [3.63, 3.8) is 0 Å². The molecule has 2 aromatic rings. The average molecular weight is 444 g/mol. The molecule has 1 aliphatic carbocycles. The van der Waals surface area contributed by atoms with E-state index in [4.69, 9.17) is 23.2 Å². The smallest absolute Gasteiger partial charge is 0.366 e. The summed E-state index contributed by atoms with van der Waals surface area (Å²) in [5.41, 5.74) is 3.38. The molecule has 1 spiro atoms. The first-order valence-corrected chi connectivity index (χ1v) is 9.71. The topological polar surface area (TPSA) is 90.4 Å². The lowest BCUT2D eigenvalue weighted by atomic mass is 9.75. The summed E-state index contributed by atoms with van der Waals surface area (Å²) in [6, 6.07) is 10.8. The number of nitrogens with zero attached hydrogens (tertiary/aromatic N) is 3. The molecule has 158 valence electrons. The van der Waals surface area contributed by atoms with Crippen LogP contribution in [0.5, 0.6) is 0 Å². The van der Waals surface area contributed by atoms with Gasteiger partial charge in [-0.1, -0.05) is 0 Å². The van der Waals surface area contributed by atoms with E-state index in [1.807, 2.05) is 0 Å². The summed E-state index contributed by atoms with van der Waals surface area (Å²) in [5, 5.41) is 9.06. The van der Waals surface area contributed by atoms with Crippen LogP contribution in [0.2, 0.25) is 0 Å². The number of nitrogens with two attached hydrogens (primary N) is 1. The van der Waals surface area contributed by atoms with Gasteiger partial charge in [-0.15, -0.1) is 0 Å². The van der Waals surface area contributed by atoms with Gasteiger partial charge in [0, 0.05) is 11.3 Å². The summed E-state index contributed by atoms with van der Waals surface area (Å²) in [6.07, 6.45) is -3.02. The van der Waals surface area contributed by atoms with Gasteiger partial charge in [0.1, 0.15) is 5.54 Å². The molecule has 2 fully saturated rings. The number of benzene rings is 2. The Hall–Kier alpha value is -3.45. The van der Waals surface area contributed by atoms with Crippen LogP contribution < -0.4 is 15.5 Å². The van der Waals surface area contributed by atoms with Crippen LogP contribution in [0, 0.1) is 11.3 Å². The summed E-state index contributed by atoms with van der Waals surface area (Å²) in [7, 11) is 0. The van der Waals surface area contributed by atoms with E-state index in [0.29, 0.717) is 18.5 Å². The Morgan fingerprint density at radius 3 is 2.23 bits per heavy atom. The van der Waals surface area contributed by atoms with Crippen molar-refractivity contribution >= 4 is 40.5 Å². The molecule has 1 aliphatic heterocycles. The zero-order valence-corrected chi connectivity index (χ0v) is 16.8. The second-order valence-electron chi connectivity index (χ2n) is 7.39. The van der Waals surface area contributed by atoms with Crippen LogP contribution in [0.3, 0.4) is 0 Å². The van der Waals surface area contributed by atoms with Gasteiger partial charge in [0.05, 0.1) is 22.9 Å². The lowest BCUT2D eigenvalue weighted by Gasteiger charge is -2.43. The highest BCUT2D eigenvalue weighted by Gasteiger charge is 2.59. The SMILES string of the molecule is N#Cc1ccc(N2C(=O)C3(CCC3)N(c3ccc(C(N)=O)cc3)C2=S)cc1C(F)(F)F. The summed E-state index contributed by atoms with van der Waals surface area (Å²) in [4.78, 5) is 27.4. The minimum atomic E-state index is -4.76. The summed E-state index contributed by atoms with van der Waals surface area (Å²) >= 11 is 5.53. The van der Waals surface area contributed by atoms with Crippen molar-refractivity contribution in [2.45, 2.75) is 31.0 Å². The number of amides is 2. The molecule has 2 amide bonds. The lowest BCUT2D eigenvalue weighted by Crippen LogP contribution is -2.55. The van der Waals surface area contributed by atoms with Crippen molar-refractivity contribution < 1.29 is 22.8 Å². The van der Waals surface area contributed by atoms with Gasteiger partial charge in [-0.05, 0) is 73.9 Å². The van der Waals surface area contributed by atoms with Crippen molar-refractivity contribution in [2.75, 3.05) is 9.80 Å². The van der Waals surface area contributed by atoms with E-state index in [0.717, 1.165) is 23.5 Å². The molecule has 2 aromatic carbocycles. The van der Waals surface area contributed by atoms with Crippen LogP contribution in [-0.2, 0) is 11.0 Å². The molecule has 2 aliphatic rings. The van der Waals surface area contributed by atoms with E-state index < -0.39 is 34.7 Å². The standard InChI is InChI=1S/C21H15F3N4O2S/c22-21(23,24)16-10-15(7-4-13(16)11-25)27-18(30)20(8-1-9-20)28(19(27)31)14-5-2-12(3-6-14)17(26)29/h2-7,10H,1,8-9H2,(H2,26,29). The highest BCUT2D eigenvalue weighted by atomic mass is 32.1. The minimum absolute atomic E-state index is 0.0364. The molecule has 6 nitrogen and oxygen atoms in total. The molecule has 0 bridgehead atoms. The normalized spacial score (nSPS) is 17.6. The Labute approximate surface area is 180 Å². The molecule has 4 rings (SSSR count). The van der Waals surface area contributed by atoms with E-state index in [-0.39, 0.29) is 16.4 Å². The number of hydrogen-bond acceptors (Lipinski definition) is 4. The second-order valence-corrected chi connectivity index (χ2v) is 7.76. The predicted molar refractivity (Wildman–Crippen MR) is 110 cm³/mol. The van der Waals surface area contributed by atoms with Gasteiger partial charge in [-0.3, -0.25) is 14.5 Å². The lowest BCUT2D eigenvalue weighted by molar-refractivity contribution is -0.137. The molecule has 1 saturated heterocycles. The largest absolute Gasteiger partial charge is 0.417 e. The fourth-order valence-electron chi connectivity index (χ4n) is 3.99. The third kappa shape index (κ3) is 3.13. The molecule has 10 heteroatoms. The van der Waals surface area contributed by atoms with E-state index in [2.05, 4.69) is 0 Å². The molecular formula is C21H15F3N4O2S. The molecule has 0 unspecified atom stereocenters. The van der Waals surface area contributed by atoms with Crippen LogP contribution >= 0.6 is 12.2 Å². The van der Waals surface area contributed by atoms with Gasteiger partial charge in [-0.25, -0.2) is 0 Å². The molecule has 1 saturated carbocycles. The minimum Gasteiger partial charge on any atom is -0.366 e. The Balaban J connectivity index is 1.80. The third-order valence-corrected chi connectivity index (χ3v) is 6.05. The Kier molecular flexibility index (Phi) is 4.74. The number of anilines is 2. The number of nitriles is 1. The average Bonchev–Trinajstić information content (AvgIpc) is 2.93. The summed E-state index contributed by atoms with van der Waals surface area (Å²) in [6.45, 7) is 0. The molecule has 1 heterocycles. The van der Waals surface area contributed by atoms with E-state index in [1.165, 1.54) is 24.3 Å². The number of halogens is 3. The number of carbonyl (C=O) groups excluding carboxylic acids is 2. The second kappa shape index (κ2) is 7.06. The van der Waals surface area contributed by atoms with Crippen molar-refractivity contribution in [1.29, 1.82) is 5.26 Å². The Morgan fingerprint density at radius 2 is 1.74 bits per heavy atom. The van der Waals surface area contributed by atoms with Crippen molar-refractivity contribution in [3.05, 3.63) is 59.2 Å². The quantitative estimate of drug-likeness (QED) is 0.729. The number of carbonyl (C=O) groups is 2. The number of thiocarbonyl (C=S) groups is 1. The first-order chi connectivity index (χ1) is 14.6. The number of alkyl halides is 3. The Morgan fingerprint density at radius 1 is 1.13 bits per heavy atom. The van der Waals surface area contributed by atoms with Gasteiger partial charge in [0.15, 0.2) is 5.11 Å². The maximum absolute atomic E-state index is 13.4. The molecule has 0 radical (unpaired) electrons. The van der Waals surface area contributed by atoms with Crippen LogP contribution in [0.4, 0.5) is 24.5 Å². The molecule has 2 N–H and O–H groups in total. The highest BCUT2D eigenvalue weighted by molar-refractivity contribution is 7.81. The van der Waals surface area contributed by atoms with Crippen molar-refractivity contribution in [3.8, 4) is 6.07 Å². The molecule has 0 aromatic heterocycles. The van der Waals surface area contributed by atoms with Crippen molar-refractivity contribution in [1.82, 2.24) is 0 Å². The predicted octanol–water partition coefficient (Wildman–Crippen LogP) is 3.74. The molecule has 31 heavy (non-hydrogen) atoms. The van der Waals surface area contributed by atoms with Crippen LogP contribution in [0.15, 0.2) is 42.5 Å². The van der Waals surface area contributed by atoms with Gasteiger partial charge in [0.2, 0.25) is 5.91 Å². The summed E-state index contributed by atoms with van der Waals surface area (Å²) in [5.74, 6) is -1.02. The fraction of sp³-hybridized carbons (Fsp3) is 0.238. The highest BCUT2D eigenvalue weighted by Crippen LogP contribution is 2.48. The fourth-order valence-corrected chi connectivity index (χ4v) is 4.45. The Bertz CT molecular complexity index is 1150. The maximum atomic E-state index is 13.4. The van der Waals surface area contributed by atoms with Crippen LogP contribution in [0.25, 0.3) is 0 Å². The van der Waals surface area contributed by atoms with Gasteiger partial charge in [0.25, 0.3) is 5.91 Å². The van der Waals surface area contributed by atoms with Gasteiger partial charge < -0.3 is 10.6 Å². The molecule has 0 atom stereocenters. The monoisotopic (exact) mass is 444 g/mol. The van der Waals surface area contributed by atoms with E-state index in [9.17, 15) is 22.8 Å². The maximum Gasteiger partial charge on any atom is 0.417 e. The third-order valence-electron chi connectivity index (χ3n) is 5.69. The van der Waals surface area contributed by atoms with Crippen LogP contribution in [0.1, 0.15) is 40.7 Å². The number of hydrogen-bond donors (Lipinski definition) is 1. The van der Waals surface area contributed by atoms with E-state index >= 15 is 0 Å².